The molecule has 3 atom stereocenters. The number of hydrogen-bond acceptors (Lipinski definition) is 3. The van der Waals surface area contributed by atoms with Crippen molar-refractivity contribution in [2.75, 3.05) is 40.3 Å². The molecule has 2 rings (SSSR count). The Bertz CT molecular complexity index is 238. The van der Waals surface area contributed by atoms with Crippen molar-refractivity contribution in [3.63, 3.8) is 0 Å². The SMILES string of the molecule is CC1CN(CCNC(C)C2CC2)CC1N(C)C. The van der Waals surface area contributed by atoms with E-state index in [9.17, 15) is 0 Å². The van der Waals surface area contributed by atoms with E-state index in [1.165, 1.54) is 32.5 Å². The average molecular weight is 239 g/mol. The van der Waals surface area contributed by atoms with Crippen LogP contribution in [0.25, 0.3) is 0 Å². The first kappa shape index (κ1) is 13.3. The summed E-state index contributed by atoms with van der Waals surface area (Å²) in [6.07, 6.45) is 2.88. The van der Waals surface area contributed by atoms with Gasteiger partial charge in [0.1, 0.15) is 0 Å². The summed E-state index contributed by atoms with van der Waals surface area (Å²) in [5.41, 5.74) is 0. The third kappa shape index (κ3) is 3.67. The third-order valence-corrected chi connectivity index (χ3v) is 4.54. The second kappa shape index (κ2) is 5.68. The number of nitrogens with zero attached hydrogens (tertiary/aromatic N) is 2. The molecular formula is C14H29N3. The number of likely N-dealkylation sites (N-methyl/N-ethyl adjacent to an activating group) is 1. The molecule has 1 saturated heterocycles. The zero-order valence-electron chi connectivity index (χ0n) is 11.9. The molecule has 1 heterocycles. The van der Waals surface area contributed by atoms with Gasteiger partial charge in [-0.15, -0.1) is 0 Å². The maximum absolute atomic E-state index is 3.68. The fourth-order valence-electron chi connectivity index (χ4n) is 3.12. The quantitative estimate of drug-likeness (QED) is 0.753. The highest BCUT2D eigenvalue weighted by molar-refractivity contribution is 4.87. The Labute approximate surface area is 107 Å². The Morgan fingerprint density at radius 2 is 2.00 bits per heavy atom. The first-order chi connectivity index (χ1) is 8.08. The van der Waals surface area contributed by atoms with Crippen LogP contribution in [0.1, 0.15) is 26.7 Å². The summed E-state index contributed by atoms with van der Waals surface area (Å²) < 4.78 is 0. The van der Waals surface area contributed by atoms with Crippen LogP contribution in [0, 0.1) is 11.8 Å². The summed E-state index contributed by atoms with van der Waals surface area (Å²) >= 11 is 0. The van der Waals surface area contributed by atoms with Gasteiger partial charge < -0.3 is 15.1 Å². The lowest BCUT2D eigenvalue weighted by Crippen LogP contribution is -2.38. The highest BCUT2D eigenvalue weighted by atomic mass is 15.2. The largest absolute Gasteiger partial charge is 0.313 e. The van der Waals surface area contributed by atoms with Gasteiger partial charge in [-0.25, -0.2) is 0 Å². The standard InChI is InChI=1S/C14H29N3/c1-11-9-17(10-14(11)16(3)4)8-7-15-12(2)13-5-6-13/h11-15H,5-10H2,1-4H3. The molecule has 1 aliphatic carbocycles. The molecule has 2 fully saturated rings. The number of likely N-dealkylation sites (tertiary alicyclic amines) is 1. The van der Waals surface area contributed by atoms with Gasteiger partial charge in [0.25, 0.3) is 0 Å². The molecule has 0 spiro atoms. The molecule has 3 nitrogen and oxygen atoms in total. The van der Waals surface area contributed by atoms with Crippen LogP contribution in [-0.2, 0) is 0 Å². The minimum Gasteiger partial charge on any atom is -0.313 e. The van der Waals surface area contributed by atoms with Crippen molar-refractivity contribution >= 4 is 0 Å². The first-order valence-electron chi connectivity index (χ1n) is 7.20. The van der Waals surface area contributed by atoms with Crippen LogP contribution in [0.3, 0.4) is 0 Å². The summed E-state index contributed by atoms with van der Waals surface area (Å²) in [6, 6.07) is 1.48. The van der Waals surface area contributed by atoms with E-state index in [2.05, 4.69) is 43.1 Å². The highest BCUT2D eigenvalue weighted by Crippen LogP contribution is 2.32. The third-order valence-electron chi connectivity index (χ3n) is 4.54. The summed E-state index contributed by atoms with van der Waals surface area (Å²) in [7, 11) is 4.41. The molecule has 0 radical (unpaired) electrons. The smallest absolute Gasteiger partial charge is 0.0254 e. The lowest BCUT2D eigenvalue weighted by atomic mass is 10.1. The normalized spacial score (nSPS) is 32.3. The van der Waals surface area contributed by atoms with Gasteiger partial charge in [-0.3, -0.25) is 0 Å². The predicted molar refractivity (Wildman–Crippen MR) is 73.3 cm³/mol. The van der Waals surface area contributed by atoms with Gasteiger partial charge in [-0.05, 0) is 45.7 Å². The van der Waals surface area contributed by atoms with E-state index in [4.69, 9.17) is 0 Å². The van der Waals surface area contributed by atoms with Crippen molar-refractivity contribution in [2.24, 2.45) is 11.8 Å². The predicted octanol–water partition coefficient (Wildman–Crippen LogP) is 1.26. The lowest BCUT2D eigenvalue weighted by Gasteiger charge is -2.23. The second-order valence-corrected chi connectivity index (χ2v) is 6.35. The molecule has 100 valence electrons. The van der Waals surface area contributed by atoms with Crippen LogP contribution < -0.4 is 5.32 Å². The van der Waals surface area contributed by atoms with Crippen LogP contribution >= 0.6 is 0 Å². The van der Waals surface area contributed by atoms with Crippen LogP contribution in [0.5, 0.6) is 0 Å². The Morgan fingerprint density at radius 1 is 1.29 bits per heavy atom. The molecule has 1 N–H and O–H groups in total. The van der Waals surface area contributed by atoms with Gasteiger partial charge in [0.2, 0.25) is 0 Å². The summed E-state index contributed by atoms with van der Waals surface area (Å²) in [6.45, 7) is 9.60. The van der Waals surface area contributed by atoms with Crippen molar-refractivity contribution in [3.8, 4) is 0 Å². The fraction of sp³-hybridized carbons (Fsp3) is 1.00. The van der Waals surface area contributed by atoms with E-state index in [-0.39, 0.29) is 0 Å². The minimum absolute atomic E-state index is 0.736. The Balaban J connectivity index is 1.63. The van der Waals surface area contributed by atoms with Gasteiger partial charge >= 0.3 is 0 Å². The van der Waals surface area contributed by atoms with Gasteiger partial charge in [0.15, 0.2) is 0 Å². The van der Waals surface area contributed by atoms with Gasteiger partial charge in [-0.1, -0.05) is 6.92 Å². The van der Waals surface area contributed by atoms with Crippen LogP contribution in [-0.4, -0.2) is 62.2 Å². The molecular weight excluding hydrogens is 210 g/mol. The molecule has 2 aliphatic rings. The van der Waals surface area contributed by atoms with E-state index in [0.29, 0.717) is 0 Å². The highest BCUT2D eigenvalue weighted by Gasteiger charge is 2.31. The molecule has 1 aliphatic heterocycles. The Morgan fingerprint density at radius 3 is 2.53 bits per heavy atom. The monoisotopic (exact) mass is 239 g/mol. The fourth-order valence-corrected chi connectivity index (χ4v) is 3.12. The van der Waals surface area contributed by atoms with Gasteiger partial charge in [0.05, 0.1) is 0 Å². The topological polar surface area (TPSA) is 18.5 Å². The molecule has 0 amide bonds. The van der Waals surface area contributed by atoms with E-state index in [1.54, 1.807) is 0 Å². The lowest BCUT2D eigenvalue weighted by molar-refractivity contribution is 0.251. The summed E-state index contributed by atoms with van der Waals surface area (Å²) in [5.74, 6) is 1.79. The molecule has 17 heavy (non-hydrogen) atoms. The molecule has 0 aromatic carbocycles. The van der Waals surface area contributed by atoms with Gasteiger partial charge in [-0.2, -0.15) is 0 Å². The zero-order chi connectivity index (χ0) is 12.4. The Kier molecular flexibility index (Phi) is 4.45. The number of nitrogens with one attached hydrogen (secondary N) is 1. The van der Waals surface area contributed by atoms with Crippen molar-refractivity contribution in [2.45, 2.75) is 38.8 Å². The van der Waals surface area contributed by atoms with E-state index >= 15 is 0 Å². The number of rotatable bonds is 6. The molecule has 3 heteroatoms. The maximum atomic E-state index is 3.68. The molecule has 0 aromatic heterocycles. The zero-order valence-corrected chi connectivity index (χ0v) is 11.9. The molecule has 1 saturated carbocycles. The second-order valence-electron chi connectivity index (χ2n) is 6.35. The van der Waals surface area contributed by atoms with E-state index in [0.717, 1.165) is 30.5 Å². The van der Waals surface area contributed by atoms with Crippen molar-refractivity contribution < 1.29 is 0 Å². The summed E-state index contributed by atoms with van der Waals surface area (Å²) in [4.78, 5) is 4.99. The van der Waals surface area contributed by atoms with Gasteiger partial charge in [0, 0.05) is 38.3 Å². The number of hydrogen-bond donors (Lipinski definition) is 1. The van der Waals surface area contributed by atoms with Crippen molar-refractivity contribution in [3.05, 3.63) is 0 Å². The average Bonchev–Trinajstić information content (AvgIpc) is 3.03. The van der Waals surface area contributed by atoms with Crippen LogP contribution in [0.4, 0.5) is 0 Å². The Hall–Kier alpha value is -0.120. The van der Waals surface area contributed by atoms with Crippen LogP contribution in [0.2, 0.25) is 0 Å². The molecule has 0 bridgehead atoms. The van der Waals surface area contributed by atoms with E-state index in [1.807, 2.05) is 0 Å². The maximum Gasteiger partial charge on any atom is 0.0254 e. The van der Waals surface area contributed by atoms with Crippen LogP contribution in [0.15, 0.2) is 0 Å². The van der Waals surface area contributed by atoms with Crippen molar-refractivity contribution in [1.29, 1.82) is 0 Å². The molecule has 3 unspecified atom stereocenters. The van der Waals surface area contributed by atoms with Crippen molar-refractivity contribution in [1.82, 2.24) is 15.1 Å². The minimum atomic E-state index is 0.736. The first-order valence-corrected chi connectivity index (χ1v) is 7.20. The molecule has 0 aromatic rings. The summed E-state index contributed by atoms with van der Waals surface area (Å²) in [5, 5.41) is 3.68. The van der Waals surface area contributed by atoms with E-state index < -0.39 is 0 Å².